The highest BCUT2D eigenvalue weighted by Gasteiger charge is 2.43. The first-order chi connectivity index (χ1) is 31.1. The number of nitrogens with zero attached hydrogens (tertiary/aromatic N) is 6. The van der Waals surface area contributed by atoms with Gasteiger partial charge in [0.15, 0.2) is 16.5 Å². The van der Waals surface area contributed by atoms with Gasteiger partial charge in [-0.2, -0.15) is 9.40 Å². The maximum Gasteiger partial charge on any atom is 0.349 e. The van der Waals surface area contributed by atoms with Crippen LogP contribution in [0.15, 0.2) is 73.1 Å². The Morgan fingerprint density at radius 1 is 1.02 bits per heavy atom. The first-order valence-corrected chi connectivity index (χ1v) is 24.3. The molecular formula is C46H45ClN8O8S2. The van der Waals surface area contributed by atoms with Crippen LogP contribution < -0.4 is 20.4 Å². The topological polar surface area (TPSA) is 207 Å². The van der Waals surface area contributed by atoms with E-state index in [4.69, 9.17) is 11.6 Å². The monoisotopic (exact) mass is 936 g/mol. The summed E-state index contributed by atoms with van der Waals surface area (Å²) in [6, 6.07) is 18.3. The number of benzene rings is 3. The van der Waals surface area contributed by atoms with Crippen molar-refractivity contribution in [2.75, 3.05) is 34.8 Å². The fourth-order valence-electron chi connectivity index (χ4n) is 10.2. The maximum atomic E-state index is 14.0. The molecule has 2 atom stereocenters. The number of hydrogen-bond donors (Lipinski definition) is 4. The molecule has 3 aromatic heterocycles. The summed E-state index contributed by atoms with van der Waals surface area (Å²) in [6.45, 7) is 5.64. The number of fused-ring (bicyclic) bond motifs is 1. The number of hydrogen-bond acceptors (Lipinski definition) is 12. The van der Waals surface area contributed by atoms with Crippen LogP contribution >= 0.6 is 22.9 Å². The van der Waals surface area contributed by atoms with Gasteiger partial charge in [0.25, 0.3) is 5.91 Å². The van der Waals surface area contributed by atoms with E-state index in [1.54, 1.807) is 32.1 Å². The Kier molecular flexibility index (Phi) is 10.6. The Labute approximate surface area is 382 Å². The Hall–Kier alpha value is -6.08. The zero-order chi connectivity index (χ0) is 45.5. The summed E-state index contributed by atoms with van der Waals surface area (Å²) in [6.07, 6.45) is 6.83. The molecule has 0 spiro atoms. The predicted molar refractivity (Wildman–Crippen MR) is 248 cm³/mol. The number of aromatic nitrogens is 3. The molecule has 0 aliphatic carbocycles. The first-order valence-electron chi connectivity index (χ1n) is 21.5. The van der Waals surface area contributed by atoms with Gasteiger partial charge in [-0.05, 0) is 98.7 Å². The highest BCUT2D eigenvalue weighted by molar-refractivity contribution is 7.88. The van der Waals surface area contributed by atoms with Gasteiger partial charge in [-0.15, -0.1) is 11.3 Å². The molecule has 3 amide bonds. The SMILES string of the molecule is CC1(C)CC(Nc2cccc(-c3sc(C(=O)O)c(O)c3Cl)c2)CCN1S(=O)(=O)Cc1ncc2cc(N3CCC(c4ccc5c6c(cccc46)C(=O)N5C4CCC(=O)NC4=O)CC3)cn2n1. The fourth-order valence-corrected chi connectivity index (χ4v) is 13.3. The van der Waals surface area contributed by atoms with E-state index < -0.39 is 39.2 Å². The molecule has 16 nitrogen and oxygen atoms in total. The lowest BCUT2D eigenvalue weighted by Gasteiger charge is -2.44. The van der Waals surface area contributed by atoms with Gasteiger partial charge in [-0.25, -0.2) is 22.7 Å². The number of amides is 3. The minimum absolute atomic E-state index is 0.0162. The van der Waals surface area contributed by atoms with Crippen LogP contribution in [0.4, 0.5) is 17.1 Å². The van der Waals surface area contributed by atoms with Crippen molar-refractivity contribution in [2.24, 2.45) is 0 Å². The van der Waals surface area contributed by atoms with Crippen molar-refractivity contribution in [1.29, 1.82) is 0 Å². The average Bonchev–Trinajstić information content (AvgIpc) is 3.92. The average molecular weight is 938 g/mol. The molecule has 7 heterocycles. The second-order valence-electron chi connectivity index (χ2n) is 17.8. The minimum atomic E-state index is -3.82. The second-order valence-corrected chi connectivity index (χ2v) is 21.1. The van der Waals surface area contributed by atoms with Crippen LogP contribution in [0.3, 0.4) is 0 Å². The Balaban J connectivity index is 0.784. The van der Waals surface area contributed by atoms with Crippen molar-refractivity contribution >= 4 is 90.0 Å². The van der Waals surface area contributed by atoms with E-state index in [9.17, 15) is 37.8 Å². The molecule has 65 heavy (non-hydrogen) atoms. The molecule has 3 fully saturated rings. The van der Waals surface area contributed by atoms with E-state index in [0.717, 1.165) is 70.5 Å². The van der Waals surface area contributed by atoms with Crippen molar-refractivity contribution in [3.63, 3.8) is 0 Å². The van der Waals surface area contributed by atoms with Crippen LogP contribution in [0.1, 0.15) is 89.7 Å². The highest BCUT2D eigenvalue weighted by atomic mass is 35.5. The van der Waals surface area contributed by atoms with Crippen LogP contribution in [-0.4, -0.2) is 98.5 Å². The fraction of sp³-hybridized carbons (Fsp3) is 0.348. The van der Waals surface area contributed by atoms with E-state index in [-0.39, 0.29) is 64.6 Å². The highest BCUT2D eigenvalue weighted by Crippen LogP contribution is 2.46. The van der Waals surface area contributed by atoms with Crippen LogP contribution in [0.5, 0.6) is 5.75 Å². The third-order valence-electron chi connectivity index (χ3n) is 13.2. The number of carbonyl (C=O) groups is 4. The number of aromatic hydroxyl groups is 1. The number of rotatable bonds is 10. The molecule has 3 saturated heterocycles. The Bertz CT molecular complexity index is 3090. The van der Waals surface area contributed by atoms with Crippen molar-refractivity contribution in [3.05, 3.63) is 99.9 Å². The summed E-state index contributed by atoms with van der Waals surface area (Å²) in [4.78, 5) is 58.4. The van der Waals surface area contributed by atoms with Crippen LogP contribution in [0.2, 0.25) is 5.02 Å². The molecular weight excluding hydrogens is 892 g/mol. The van der Waals surface area contributed by atoms with E-state index in [1.807, 2.05) is 62.5 Å². The zero-order valence-electron chi connectivity index (χ0n) is 35.5. The quantitative estimate of drug-likeness (QED) is 0.103. The molecule has 2 unspecified atom stereocenters. The van der Waals surface area contributed by atoms with Crippen LogP contribution in [-0.2, 0) is 25.4 Å². The van der Waals surface area contributed by atoms with Gasteiger partial charge in [-0.1, -0.05) is 41.9 Å². The Morgan fingerprint density at radius 3 is 2.54 bits per heavy atom. The molecule has 3 aromatic carbocycles. The van der Waals surface area contributed by atoms with Gasteiger partial charge in [0, 0.05) is 54.3 Å². The molecule has 336 valence electrons. The summed E-state index contributed by atoms with van der Waals surface area (Å²) in [7, 11) is -3.82. The smallest absolute Gasteiger partial charge is 0.349 e. The second kappa shape index (κ2) is 16.1. The molecule has 0 bridgehead atoms. The lowest BCUT2D eigenvalue weighted by Crippen LogP contribution is -2.55. The number of aromatic carboxylic acids is 1. The number of anilines is 3. The minimum Gasteiger partial charge on any atom is -0.505 e. The summed E-state index contributed by atoms with van der Waals surface area (Å²) in [5, 5.41) is 32.1. The van der Waals surface area contributed by atoms with Gasteiger partial charge >= 0.3 is 5.97 Å². The largest absolute Gasteiger partial charge is 0.505 e. The zero-order valence-corrected chi connectivity index (χ0v) is 37.8. The van der Waals surface area contributed by atoms with E-state index in [1.165, 1.54) is 0 Å². The summed E-state index contributed by atoms with van der Waals surface area (Å²) >= 11 is 7.21. The number of carboxylic acids is 1. The normalized spacial score (nSPS) is 20.5. The third-order valence-corrected chi connectivity index (χ3v) is 16.9. The summed E-state index contributed by atoms with van der Waals surface area (Å²) < 4.78 is 31.3. The molecule has 0 saturated carbocycles. The lowest BCUT2D eigenvalue weighted by atomic mass is 9.85. The van der Waals surface area contributed by atoms with Gasteiger partial charge < -0.3 is 20.4 Å². The van der Waals surface area contributed by atoms with Crippen molar-refractivity contribution in [1.82, 2.24) is 24.2 Å². The molecule has 0 radical (unpaired) electrons. The standard InChI is InChI=1S/C46H45ClN8O8S2/c1-46(2)21-28(49-27-6-3-5-26(19-27)41-39(47)40(57)42(64-41)45(60)61)15-18-54(46)65(62,63)24-36-48-22-29-20-30(23-53(29)51-36)52-16-13-25(14-17-52)31-9-10-34-38-32(31)7-4-8-33(38)44(59)55(34)35-11-12-37(56)50-43(35)58/h3-10,19-20,22-23,25,28,35,49,57H,11-18,21,24H2,1-2H3,(H,60,61)(H,50,56,58). The maximum absolute atomic E-state index is 14.0. The molecule has 4 aliphatic heterocycles. The molecule has 4 N–H and O–H groups in total. The first kappa shape index (κ1) is 42.8. The van der Waals surface area contributed by atoms with Crippen molar-refractivity contribution in [3.8, 4) is 16.2 Å². The van der Waals surface area contributed by atoms with Crippen molar-refractivity contribution < 1.29 is 37.8 Å². The van der Waals surface area contributed by atoms with Gasteiger partial charge in [0.1, 0.15) is 16.8 Å². The number of nitrogens with one attached hydrogen (secondary N) is 2. The number of piperidine rings is 3. The third kappa shape index (κ3) is 7.64. The van der Waals surface area contributed by atoms with Crippen LogP contribution in [0, 0.1) is 0 Å². The van der Waals surface area contributed by atoms with E-state index in [2.05, 4.69) is 31.7 Å². The van der Waals surface area contributed by atoms with E-state index in [0.29, 0.717) is 34.5 Å². The number of carbonyl (C=O) groups excluding carboxylic acids is 3. The van der Waals surface area contributed by atoms with Gasteiger partial charge in [0.05, 0.1) is 34.2 Å². The lowest BCUT2D eigenvalue weighted by molar-refractivity contribution is -0.134. The number of thiophene rings is 1. The molecule has 6 aromatic rings. The number of imide groups is 1. The number of sulfonamides is 1. The number of carboxylic acid groups (broad SMARTS) is 1. The van der Waals surface area contributed by atoms with Gasteiger partial charge in [-0.3, -0.25) is 24.6 Å². The van der Waals surface area contributed by atoms with Crippen molar-refractivity contribution in [2.45, 2.75) is 81.7 Å². The van der Waals surface area contributed by atoms with Crippen LogP contribution in [0.25, 0.3) is 26.7 Å². The van der Waals surface area contributed by atoms with Gasteiger partial charge in [0.2, 0.25) is 21.8 Å². The Morgan fingerprint density at radius 2 is 1.80 bits per heavy atom. The summed E-state index contributed by atoms with van der Waals surface area (Å²) in [5.74, 6) is -2.63. The summed E-state index contributed by atoms with van der Waals surface area (Å²) in [5.41, 5.74) is 4.83. The van der Waals surface area contributed by atoms with E-state index >= 15 is 0 Å². The molecule has 10 rings (SSSR count). The number of halogens is 1. The predicted octanol–water partition coefficient (Wildman–Crippen LogP) is 7.00. The molecule has 4 aliphatic rings. The molecule has 19 heteroatoms.